The van der Waals surface area contributed by atoms with E-state index in [9.17, 15) is 18.0 Å². The molecule has 0 radical (unpaired) electrons. The van der Waals surface area contributed by atoms with Crippen LogP contribution < -0.4 is 8.92 Å². The van der Waals surface area contributed by atoms with Crippen molar-refractivity contribution in [3.05, 3.63) is 105 Å². The zero-order chi connectivity index (χ0) is 28.4. The van der Waals surface area contributed by atoms with Gasteiger partial charge in [-0.3, -0.25) is 14.5 Å². The number of aryl methyl sites for hydroxylation is 2. The van der Waals surface area contributed by atoms with Gasteiger partial charge in [0.05, 0.1) is 11.4 Å². The number of ether oxygens (including phenoxy) is 1. The average molecular weight is 594 g/mol. The number of nitrogens with zero attached hydrogens (tertiary/aromatic N) is 1. The summed E-state index contributed by atoms with van der Waals surface area (Å²) in [5.74, 6) is 0.236. The first-order valence-electron chi connectivity index (χ1n) is 12.3. The molecule has 0 N–H and O–H groups in total. The van der Waals surface area contributed by atoms with Crippen LogP contribution in [0.2, 0.25) is 5.02 Å². The first-order chi connectivity index (χ1) is 19.1. The molecule has 0 saturated carbocycles. The summed E-state index contributed by atoms with van der Waals surface area (Å²) in [6, 6.07) is 22.0. The number of carbonyl (C=O) groups excluding carboxylic acids is 2. The standard InChI is InChI=1S/C30H24ClNO6S2/c1-19-7-8-20(2)27(17-19)37-16-15-32-29(33)28(39-30(32)34)18-25-24-6-4-3-5-21(24)9-14-26(25)38-40(35,36)23-12-10-22(31)11-13-23/h3-14,17-18H,15-16H2,1-2H3/b28-18-. The molecular weight excluding hydrogens is 570 g/mol. The number of hydrogen-bond donors (Lipinski definition) is 0. The molecule has 0 spiro atoms. The fourth-order valence-electron chi connectivity index (χ4n) is 4.20. The van der Waals surface area contributed by atoms with Crippen molar-refractivity contribution in [2.24, 2.45) is 0 Å². The first kappa shape index (κ1) is 27.8. The van der Waals surface area contributed by atoms with E-state index < -0.39 is 21.3 Å². The zero-order valence-electron chi connectivity index (χ0n) is 21.6. The molecule has 0 bridgehead atoms. The number of halogens is 1. The molecule has 40 heavy (non-hydrogen) atoms. The minimum Gasteiger partial charge on any atom is -0.491 e. The maximum absolute atomic E-state index is 13.3. The molecule has 7 nitrogen and oxygen atoms in total. The largest absolute Gasteiger partial charge is 0.491 e. The average Bonchev–Trinajstić information content (AvgIpc) is 3.19. The molecule has 1 saturated heterocycles. The van der Waals surface area contributed by atoms with E-state index in [1.54, 1.807) is 18.2 Å². The number of carbonyl (C=O) groups is 2. The second-order valence-electron chi connectivity index (χ2n) is 9.14. The third kappa shape index (κ3) is 5.86. The highest BCUT2D eigenvalue weighted by Gasteiger charge is 2.35. The minimum absolute atomic E-state index is 0.0266. The van der Waals surface area contributed by atoms with Crippen LogP contribution in [0.4, 0.5) is 4.79 Å². The lowest BCUT2D eigenvalue weighted by molar-refractivity contribution is -0.123. The molecule has 204 valence electrons. The quantitative estimate of drug-likeness (QED) is 0.161. The molecule has 4 aromatic carbocycles. The van der Waals surface area contributed by atoms with Crippen molar-refractivity contribution in [1.82, 2.24) is 4.90 Å². The van der Waals surface area contributed by atoms with Gasteiger partial charge in [0.1, 0.15) is 17.3 Å². The number of imide groups is 1. The van der Waals surface area contributed by atoms with Crippen molar-refractivity contribution in [3.8, 4) is 11.5 Å². The Morgan fingerprint density at radius 1 is 0.925 bits per heavy atom. The zero-order valence-corrected chi connectivity index (χ0v) is 24.0. The molecule has 1 aliphatic heterocycles. The minimum atomic E-state index is -4.21. The number of amides is 2. The van der Waals surface area contributed by atoms with Gasteiger partial charge in [-0.25, -0.2) is 0 Å². The number of benzene rings is 4. The maximum atomic E-state index is 13.3. The Balaban J connectivity index is 1.43. The summed E-state index contributed by atoms with van der Waals surface area (Å²) in [5, 5.41) is 1.43. The van der Waals surface area contributed by atoms with Crippen molar-refractivity contribution < 1.29 is 26.9 Å². The van der Waals surface area contributed by atoms with Crippen LogP contribution in [0, 0.1) is 13.8 Å². The lowest BCUT2D eigenvalue weighted by Gasteiger charge is -2.15. The molecule has 1 fully saturated rings. The SMILES string of the molecule is Cc1ccc(C)c(OCCN2C(=O)S/C(=C\c3c(OS(=O)(=O)c4ccc(Cl)cc4)ccc4ccccc34)C2=O)c1. The summed E-state index contributed by atoms with van der Waals surface area (Å²) in [5.41, 5.74) is 2.37. The first-order valence-corrected chi connectivity index (χ1v) is 14.9. The van der Waals surface area contributed by atoms with Crippen LogP contribution in [-0.4, -0.2) is 37.6 Å². The molecule has 10 heteroatoms. The second kappa shape index (κ2) is 11.4. The summed E-state index contributed by atoms with van der Waals surface area (Å²) in [7, 11) is -4.21. The van der Waals surface area contributed by atoms with Gasteiger partial charge < -0.3 is 8.92 Å². The monoisotopic (exact) mass is 593 g/mol. The molecule has 0 aromatic heterocycles. The molecule has 1 heterocycles. The van der Waals surface area contributed by atoms with Gasteiger partial charge in [-0.1, -0.05) is 54.1 Å². The lowest BCUT2D eigenvalue weighted by atomic mass is 10.0. The van der Waals surface area contributed by atoms with Gasteiger partial charge in [-0.05, 0) is 90.0 Å². The smallest absolute Gasteiger partial charge is 0.339 e. The van der Waals surface area contributed by atoms with Gasteiger partial charge in [0, 0.05) is 10.6 Å². The van der Waals surface area contributed by atoms with Crippen LogP contribution in [0.1, 0.15) is 16.7 Å². The van der Waals surface area contributed by atoms with Crippen molar-refractivity contribution in [2.75, 3.05) is 13.2 Å². The fourth-order valence-corrected chi connectivity index (χ4v) is 6.12. The molecule has 5 rings (SSSR count). The Morgan fingerprint density at radius 3 is 2.45 bits per heavy atom. The van der Waals surface area contributed by atoms with E-state index in [1.165, 1.54) is 36.4 Å². The molecule has 0 atom stereocenters. The predicted molar refractivity (Wildman–Crippen MR) is 157 cm³/mol. The third-order valence-electron chi connectivity index (χ3n) is 6.30. The van der Waals surface area contributed by atoms with Crippen molar-refractivity contribution >= 4 is 61.5 Å². The van der Waals surface area contributed by atoms with Gasteiger partial charge in [-0.2, -0.15) is 8.42 Å². The Hall–Kier alpha value is -3.79. The molecule has 0 aliphatic carbocycles. The number of hydrogen-bond acceptors (Lipinski definition) is 7. The van der Waals surface area contributed by atoms with Crippen LogP contribution >= 0.6 is 23.4 Å². The summed E-state index contributed by atoms with van der Waals surface area (Å²) in [6.07, 6.45) is 1.51. The Bertz CT molecular complexity index is 1770. The van der Waals surface area contributed by atoms with Crippen LogP contribution in [0.15, 0.2) is 88.7 Å². The number of fused-ring (bicyclic) bond motifs is 1. The van der Waals surface area contributed by atoms with Gasteiger partial charge in [0.15, 0.2) is 5.75 Å². The van der Waals surface area contributed by atoms with E-state index in [-0.39, 0.29) is 28.7 Å². The van der Waals surface area contributed by atoms with Crippen LogP contribution in [0.25, 0.3) is 16.8 Å². The Kier molecular flexibility index (Phi) is 7.89. The van der Waals surface area contributed by atoms with Gasteiger partial charge >= 0.3 is 10.1 Å². The molecule has 1 aliphatic rings. The highest BCUT2D eigenvalue weighted by Crippen LogP contribution is 2.37. The van der Waals surface area contributed by atoms with Crippen LogP contribution in [0.3, 0.4) is 0 Å². The van der Waals surface area contributed by atoms with E-state index >= 15 is 0 Å². The molecular formula is C30H24ClNO6S2. The second-order valence-corrected chi connectivity index (χ2v) is 12.1. The van der Waals surface area contributed by atoms with Gasteiger partial charge in [-0.15, -0.1) is 0 Å². The summed E-state index contributed by atoms with van der Waals surface area (Å²) in [6.45, 7) is 4.09. The summed E-state index contributed by atoms with van der Waals surface area (Å²) < 4.78 is 37.5. The van der Waals surface area contributed by atoms with Crippen molar-refractivity contribution in [2.45, 2.75) is 18.7 Å². The Labute approximate surface area is 241 Å². The highest BCUT2D eigenvalue weighted by atomic mass is 35.5. The number of rotatable bonds is 8. The molecule has 2 amide bonds. The fraction of sp³-hybridized carbons (Fsp3) is 0.133. The van der Waals surface area contributed by atoms with Crippen LogP contribution in [0.5, 0.6) is 11.5 Å². The molecule has 0 unspecified atom stereocenters. The normalized spacial score (nSPS) is 14.8. The van der Waals surface area contributed by atoms with Crippen molar-refractivity contribution in [1.29, 1.82) is 0 Å². The van der Waals surface area contributed by atoms with Gasteiger partial charge in [0.25, 0.3) is 11.1 Å². The summed E-state index contributed by atoms with van der Waals surface area (Å²) in [4.78, 5) is 27.2. The highest BCUT2D eigenvalue weighted by molar-refractivity contribution is 8.18. The van der Waals surface area contributed by atoms with Gasteiger partial charge in [0.2, 0.25) is 0 Å². The maximum Gasteiger partial charge on any atom is 0.339 e. The van der Waals surface area contributed by atoms with E-state index in [4.69, 9.17) is 20.5 Å². The van der Waals surface area contributed by atoms with Crippen molar-refractivity contribution in [3.63, 3.8) is 0 Å². The van der Waals surface area contributed by atoms with Crippen LogP contribution in [-0.2, 0) is 14.9 Å². The third-order valence-corrected chi connectivity index (χ3v) is 8.71. The molecule has 4 aromatic rings. The van der Waals surface area contributed by atoms with E-state index in [0.717, 1.165) is 33.2 Å². The Morgan fingerprint density at radius 2 is 1.68 bits per heavy atom. The van der Waals surface area contributed by atoms with E-state index in [1.807, 2.05) is 44.2 Å². The number of thioether (sulfide) groups is 1. The van der Waals surface area contributed by atoms with E-state index in [0.29, 0.717) is 21.7 Å². The van der Waals surface area contributed by atoms with E-state index in [2.05, 4.69) is 0 Å². The predicted octanol–water partition coefficient (Wildman–Crippen LogP) is 6.99. The lowest BCUT2D eigenvalue weighted by Crippen LogP contribution is -2.32. The summed E-state index contributed by atoms with van der Waals surface area (Å²) >= 11 is 6.69. The topological polar surface area (TPSA) is 90.0 Å².